The van der Waals surface area contributed by atoms with Gasteiger partial charge in [0.1, 0.15) is 0 Å². The summed E-state index contributed by atoms with van der Waals surface area (Å²) >= 11 is 0. The summed E-state index contributed by atoms with van der Waals surface area (Å²) in [7, 11) is 0. The minimum absolute atomic E-state index is 0.171. The Morgan fingerprint density at radius 3 is 1.61 bits per heavy atom. The van der Waals surface area contributed by atoms with Crippen LogP contribution >= 0.6 is 0 Å². The summed E-state index contributed by atoms with van der Waals surface area (Å²) in [5.41, 5.74) is -1.14. The van der Waals surface area contributed by atoms with E-state index in [2.05, 4.69) is 55.4 Å². The zero-order valence-corrected chi connectivity index (χ0v) is 21.6. The highest BCUT2D eigenvalue weighted by Crippen LogP contribution is 2.57. The molecule has 1 aliphatic rings. The summed E-state index contributed by atoms with van der Waals surface area (Å²) in [5.74, 6) is -1.16. The molecule has 0 heterocycles. The summed E-state index contributed by atoms with van der Waals surface area (Å²) in [5, 5.41) is 21.0. The Balaban J connectivity index is 3.26. The highest BCUT2D eigenvalue weighted by Gasteiger charge is 2.61. The predicted octanol–water partition coefficient (Wildman–Crippen LogP) is 7.57. The monoisotopic (exact) mass is 436 g/mol. The van der Waals surface area contributed by atoms with Crippen LogP contribution in [0.5, 0.6) is 0 Å². The Hall–Kier alpha value is -1.32. The van der Waals surface area contributed by atoms with Crippen molar-refractivity contribution in [1.29, 1.82) is 0 Å². The van der Waals surface area contributed by atoms with Gasteiger partial charge in [0.2, 0.25) is 0 Å². The van der Waals surface area contributed by atoms with E-state index in [9.17, 15) is 19.8 Å². The Morgan fingerprint density at radius 2 is 1.26 bits per heavy atom. The quantitative estimate of drug-likeness (QED) is 0.346. The number of carbonyl (C=O) groups is 2. The molecule has 4 nitrogen and oxygen atoms in total. The van der Waals surface area contributed by atoms with Crippen molar-refractivity contribution in [1.82, 2.24) is 0 Å². The van der Waals surface area contributed by atoms with Crippen LogP contribution in [-0.2, 0) is 9.59 Å². The molecule has 4 atom stereocenters. The van der Waals surface area contributed by atoms with Crippen molar-refractivity contribution < 1.29 is 19.8 Å². The zero-order chi connectivity index (χ0) is 24.3. The molecule has 0 radical (unpaired) electrons. The molecule has 0 fully saturated rings. The third-order valence-corrected chi connectivity index (χ3v) is 7.16. The average Bonchev–Trinajstić information content (AvgIpc) is 2.55. The topological polar surface area (TPSA) is 74.6 Å². The van der Waals surface area contributed by atoms with E-state index in [1.165, 1.54) is 0 Å². The molecule has 0 aromatic rings. The molecule has 0 saturated heterocycles. The van der Waals surface area contributed by atoms with Gasteiger partial charge in [-0.15, -0.1) is 0 Å². The molecule has 1 rings (SSSR count). The predicted molar refractivity (Wildman–Crippen MR) is 128 cm³/mol. The molecule has 0 aromatic carbocycles. The van der Waals surface area contributed by atoms with Crippen molar-refractivity contribution in [3.8, 4) is 0 Å². The number of allylic oxidation sites excluding steroid dienone is 2. The highest BCUT2D eigenvalue weighted by molar-refractivity contribution is 5.87. The first-order chi connectivity index (χ1) is 13.9. The van der Waals surface area contributed by atoms with Crippen LogP contribution < -0.4 is 0 Å². The van der Waals surface area contributed by atoms with Gasteiger partial charge in [-0.2, -0.15) is 0 Å². The number of hydrogen-bond donors (Lipinski definition) is 2. The molecular formula is C27H48O4. The van der Waals surface area contributed by atoms with Gasteiger partial charge in [0, 0.05) is 0 Å². The minimum atomic E-state index is -1.24. The van der Waals surface area contributed by atoms with Crippen LogP contribution in [0.3, 0.4) is 0 Å². The standard InChI is InChI=1S/C27H48O4/c1-19(16-24(4,5)6)10-13-26(22(28)29)14-11-21(3)18-27(26,23(30)31)15-12-20(2)17-25(7,8)9/h11,19-20H,10,12-18H2,1-9H3,(H,28,29)(H,30,31). The maximum Gasteiger partial charge on any atom is 0.311 e. The Kier molecular flexibility index (Phi) is 9.02. The van der Waals surface area contributed by atoms with Gasteiger partial charge in [-0.3, -0.25) is 9.59 Å². The summed E-state index contributed by atoms with van der Waals surface area (Å²) in [6.07, 6.45) is 6.95. The highest BCUT2D eigenvalue weighted by atomic mass is 16.4. The number of carboxylic acid groups (broad SMARTS) is 2. The molecule has 4 unspecified atom stereocenters. The third-order valence-electron chi connectivity index (χ3n) is 7.16. The lowest BCUT2D eigenvalue weighted by molar-refractivity contribution is -0.178. The SMILES string of the molecule is CC1=CCC(CCC(C)CC(C)(C)C)(C(=O)O)C(CCC(C)CC(C)(C)C)(C(=O)O)C1. The van der Waals surface area contributed by atoms with Crippen molar-refractivity contribution in [2.45, 2.75) is 114 Å². The zero-order valence-electron chi connectivity index (χ0n) is 21.6. The number of aliphatic carboxylic acids is 2. The van der Waals surface area contributed by atoms with Crippen molar-refractivity contribution >= 4 is 11.9 Å². The van der Waals surface area contributed by atoms with Gasteiger partial charge in [-0.25, -0.2) is 0 Å². The normalized spacial score (nSPS) is 26.8. The molecule has 0 amide bonds. The Bertz CT molecular complexity index is 664. The largest absolute Gasteiger partial charge is 0.481 e. The third kappa shape index (κ3) is 7.36. The molecule has 1 aliphatic carbocycles. The second-order valence-electron chi connectivity index (χ2n) is 13.0. The van der Waals surface area contributed by atoms with Crippen LogP contribution in [0.15, 0.2) is 11.6 Å². The fraction of sp³-hybridized carbons (Fsp3) is 0.852. The number of carboxylic acids is 2. The van der Waals surface area contributed by atoms with Gasteiger partial charge in [0.15, 0.2) is 0 Å². The molecule has 0 bridgehead atoms. The lowest BCUT2D eigenvalue weighted by Crippen LogP contribution is -2.54. The van der Waals surface area contributed by atoms with Crippen molar-refractivity contribution in [3.05, 3.63) is 11.6 Å². The first-order valence-electron chi connectivity index (χ1n) is 12.1. The summed E-state index contributed by atoms with van der Waals surface area (Å²) in [4.78, 5) is 25.6. The Morgan fingerprint density at radius 1 is 0.871 bits per heavy atom. The number of rotatable bonds is 10. The van der Waals surface area contributed by atoms with Gasteiger partial charge < -0.3 is 10.2 Å². The van der Waals surface area contributed by atoms with Crippen LogP contribution in [0.2, 0.25) is 0 Å². The van der Waals surface area contributed by atoms with E-state index in [1.54, 1.807) is 0 Å². The fourth-order valence-corrected chi connectivity index (χ4v) is 6.00. The first-order valence-corrected chi connectivity index (χ1v) is 12.1. The lowest BCUT2D eigenvalue weighted by Gasteiger charge is -2.48. The van der Waals surface area contributed by atoms with Gasteiger partial charge >= 0.3 is 11.9 Å². The van der Waals surface area contributed by atoms with Gasteiger partial charge in [0.05, 0.1) is 10.8 Å². The van der Waals surface area contributed by atoms with Crippen LogP contribution in [-0.4, -0.2) is 22.2 Å². The van der Waals surface area contributed by atoms with Gasteiger partial charge in [-0.05, 0) is 81.0 Å². The van der Waals surface area contributed by atoms with Crippen molar-refractivity contribution in [2.24, 2.45) is 33.5 Å². The fourth-order valence-electron chi connectivity index (χ4n) is 6.00. The summed E-state index contributed by atoms with van der Waals surface area (Å²) in [6, 6.07) is 0. The first kappa shape index (κ1) is 27.7. The lowest BCUT2D eigenvalue weighted by atomic mass is 9.52. The molecule has 0 spiro atoms. The molecule has 0 saturated carbocycles. The average molecular weight is 437 g/mol. The second kappa shape index (κ2) is 10.1. The van der Waals surface area contributed by atoms with Gasteiger partial charge in [0.25, 0.3) is 0 Å². The maximum atomic E-state index is 12.8. The van der Waals surface area contributed by atoms with E-state index in [1.807, 2.05) is 13.0 Å². The molecule has 4 heteroatoms. The molecule has 0 aromatic heterocycles. The van der Waals surface area contributed by atoms with Crippen LogP contribution in [0.4, 0.5) is 0 Å². The molecule has 0 aliphatic heterocycles. The smallest absolute Gasteiger partial charge is 0.311 e. The van der Waals surface area contributed by atoms with Gasteiger partial charge in [-0.1, -0.05) is 67.0 Å². The second-order valence-corrected chi connectivity index (χ2v) is 13.0. The molecule has 31 heavy (non-hydrogen) atoms. The van der Waals surface area contributed by atoms with E-state index < -0.39 is 22.8 Å². The summed E-state index contributed by atoms with van der Waals surface area (Å²) < 4.78 is 0. The summed E-state index contributed by atoms with van der Waals surface area (Å²) in [6.45, 7) is 19.5. The van der Waals surface area contributed by atoms with Crippen LogP contribution in [0.25, 0.3) is 0 Å². The van der Waals surface area contributed by atoms with E-state index in [0.29, 0.717) is 37.5 Å². The van der Waals surface area contributed by atoms with Crippen LogP contribution in [0.1, 0.15) is 114 Å². The molecular weight excluding hydrogens is 388 g/mol. The molecule has 2 N–H and O–H groups in total. The van der Waals surface area contributed by atoms with E-state index in [4.69, 9.17) is 0 Å². The van der Waals surface area contributed by atoms with Crippen molar-refractivity contribution in [2.75, 3.05) is 0 Å². The van der Waals surface area contributed by atoms with E-state index in [0.717, 1.165) is 31.3 Å². The molecule has 180 valence electrons. The Labute approximate surface area is 190 Å². The van der Waals surface area contributed by atoms with E-state index in [-0.39, 0.29) is 10.8 Å². The number of hydrogen-bond acceptors (Lipinski definition) is 2. The van der Waals surface area contributed by atoms with E-state index >= 15 is 0 Å². The van der Waals surface area contributed by atoms with Crippen LogP contribution in [0, 0.1) is 33.5 Å². The van der Waals surface area contributed by atoms with Crippen molar-refractivity contribution in [3.63, 3.8) is 0 Å². The minimum Gasteiger partial charge on any atom is -0.481 e. The maximum absolute atomic E-state index is 12.8.